The van der Waals surface area contributed by atoms with Crippen molar-refractivity contribution in [3.63, 3.8) is 0 Å². The molecule has 3 aromatic rings. The second-order valence-electron chi connectivity index (χ2n) is 5.50. The predicted molar refractivity (Wildman–Crippen MR) is 105 cm³/mol. The molecule has 0 radical (unpaired) electrons. The van der Waals surface area contributed by atoms with Crippen molar-refractivity contribution < 1.29 is 13.9 Å². The molecule has 10 heteroatoms. The first-order valence-electron chi connectivity index (χ1n) is 8.31. The van der Waals surface area contributed by atoms with Gasteiger partial charge in [0.05, 0.1) is 11.3 Å². The van der Waals surface area contributed by atoms with Crippen LogP contribution in [-0.4, -0.2) is 26.4 Å². The fourth-order valence-corrected chi connectivity index (χ4v) is 3.89. The normalized spacial score (nSPS) is 10.5. The Bertz CT molecular complexity index is 994. The van der Waals surface area contributed by atoms with Gasteiger partial charge in [-0.3, -0.25) is 4.79 Å². The number of thiophene rings is 1. The number of carbonyl (C=O) groups excluding carboxylic acids is 1. The second-order valence-corrected chi connectivity index (χ2v) is 7.36. The molecule has 7 nitrogen and oxygen atoms in total. The Morgan fingerprint density at radius 2 is 2.14 bits per heavy atom. The van der Waals surface area contributed by atoms with E-state index >= 15 is 0 Å². The van der Waals surface area contributed by atoms with Crippen molar-refractivity contribution >= 4 is 34.0 Å². The Morgan fingerprint density at radius 1 is 1.36 bits per heavy atom. The fourth-order valence-electron chi connectivity index (χ4n) is 2.32. The Hall–Kier alpha value is -2.90. The summed E-state index contributed by atoms with van der Waals surface area (Å²) in [6.07, 6.45) is 0. The van der Waals surface area contributed by atoms with Crippen molar-refractivity contribution in [3.8, 4) is 11.8 Å². The summed E-state index contributed by atoms with van der Waals surface area (Å²) in [5.74, 6) is 0.730. The molecule has 0 unspecified atom stereocenters. The van der Waals surface area contributed by atoms with Crippen molar-refractivity contribution in [2.45, 2.75) is 25.2 Å². The molecule has 2 aromatic heterocycles. The number of anilines is 1. The lowest BCUT2D eigenvalue weighted by Gasteiger charge is -2.09. The monoisotopic (exact) mass is 417 g/mol. The first-order chi connectivity index (χ1) is 13.6. The van der Waals surface area contributed by atoms with Crippen LogP contribution in [-0.2, 0) is 17.9 Å². The van der Waals surface area contributed by atoms with Crippen LogP contribution in [0.25, 0.3) is 0 Å². The molecule has 28 heavy (non-hydrogen) atoms. The quantitative estimate of drug-likeness (QED) is 0.562. The van der Waals surface area contributed by atoms with E-state index in [2.05, 4.69) is 15.5 Å². The summed E-state index contributed by atoms with van der Waals surface area (Å²) in [4.78, 5) is 12.1. The zero-order valence-corrected chi connectivity index (χ0v) is 16.5. The van der Waals surface area contributed by atoms with E-state index in [-0.39, 0.29) is 24.1 Å². The molecule has 0 bridgehead atoms. The summed E-state index contributed by atoms with van der Waals surface area (Å²) < 4.78 is 20.4. The third-order valence-corrected chi connectivity index (χ3v) is 5.46. The SMILES string of the molecule is CCn1c(COc2ccc(F)cc2)nnc1SCC(=O)Nc1sccc1C#N. The van der Waals surface area contributed by atoms with Crippen molar-refractivity contribution in [2.24, 2.45) is 0 Å². The molecule has 1 aromatic carbocycles. The summed E-state index contributed by atoms with van der Waals surface area (Å²) in [7, 11) is 0. The number of hydrogen-bond donors (Lipinski definition) is 1. The Morgan fingerprint density at radius 3 is 2.86 bits per heavy atom. The summed E-state index contributed by atoms with van der Waals surface area (Å²) in [5.41, 5.74) is 0.445. The third-order valence-electron chi connectivity index (χ3n) is 3.66. The highest BCUT2D eigenvalue weighted by Gasteiger charge is 2.15. The molecular formula is C18H16FN5O2S2. The standard InChI is InChI=1S/C18H16FN5O2S2/c1-2-24-15(10-26-14-5-3-13(19)4-6-14)22-23-18(24)28-11-16(25)21-17-12(9-20)7-8-27-17/h3-8H,2,10-11H2,1H3,(H,21,25). The van der Waals surface area contributed by atoms with E-state index in [0.29, 0.717) is 33.8 Å². The summed E-state index contributed by atoms with van der Waals surface area (Å²) in [6.45, 7) is 2.74. The molecule has 1 N–H and O–H groups in total. The minimum absolute atomic E-state index is 0.139. The molecule has 0 spiro atoms. The van der Waals surface area contributed by atoms with Gasteiger partial charge in [0, 0.05) is 6.54 Å². The number of halogens is 1. The molecular weight excluding hydrogens is 401 g/mol. The van der Waals surface area contributed by atoms with Gasteiger partial charge in [-0.25, -0.2) is 4.39 Å². The van der Waals surface area contributed by atoms with E-state index in [1.165, 1.54) is 35.2 Å². The minimum Gasteiger partial charge on any atom is -0.486 e. The van der Waals surface area contributed by atoms with E-state index < -0.39 is 0 Å². The topological polar surface area (TPSA) is 92.8 Å². The first-order valence-corrected chi connectivity index (χ1v) is 10.2. The number of nitrogens with one attached hydrogen (secondary N) is 1. The van der Waals surface area contributed by atoms with Crippen LogP contribution in [0.3, 0.4) is 0 Å². The highest BCUT2D eigenvalue weighted by Crippen LogP contribution is 2.23. The zero-order chi connectivity index (χ0) is 19.9. The van der Waals surface area contributed by atoms with Gasteiger partial charge in [-0.05, 0) is 42.6 Å². The lowest BCUT2D eigenvalue weighted by molar-refractivity contribution is -0.113. The third kappa shape index (κ3) is 4.88. The number of aromatic nitrogens is 3. The van der Waals surface area contributed by atoms with Gasteiger partial charge in [-0.15, -0.1) is 21.5 Å². The minimum atomic E-state index is -0.328. The van der Waals surface area contributed by atoms with Crippen LogP contribution < -0.4 is 10.1 Å². The fraction of sp³-hybridized carbons (Fsp3) is 0.222. The number of ether oxygens (including phenoxy) is 1. The number of amides is 1. The van der Waals surface area contributed by atoms with Gasteiger partial charge in [0.1, 0.15) is 29.2 Å². The van der Waals surface area contributed by atoms with Crippen LogP contribution in [0.2, 0.25) is 0 Å². The highest BCUT2D eigenvalue weighted by molar-refractivity contribution is 7.99. The number of carbonyl (C=O) groups is 1. The average molecular weight is 417 g/mol. The van der Waals surface area contributed by atoms with Gasteiger partial charge < -0.3 is 14.6 Å². The molecule has 0 aliphatic rings. The van der Waals surface area contributed by atoms with E-state index in [9.17, 15) is 9.18 Å². The average Bonchev–Trinajstić information content (AvgIpc) is 3.31. The van der Waals surface area contributed by atoms with E-state index in [1.807, 2.05) is 17.6 Å². The van der Waals surface area contributed by atoms with Crippen molar-refractivity contribution in [1.82, 2.24) is 14.8 Å². The van der Waals surface area contributed by atoms with Crippen LogP contribution in [0.5, 0.6) is 5.75 Å². The number of nitrogens with zero attached hydrogens (tertiary/aromatic N) is 4. The maximum atomic E-state index is 13.0. The zero-order valence-electron chi connectivity index (χ0n) is 14.9. The molecule has 1 amide bonds. The van der Waals surface area contributed by atoms with E-state index in [1.54, 1.807) is 23.6 Å². The maximum Gasteiger partial charge on any atom is 0.235 e. The molecule has 3 rings (SSSR count). The Labute approximate surface area is 169 Å². The molecule has 0 saturated heterocycles. The molecule has 2 heterocycles. The summed E-state index contributed by atoms with van der Waals surface area (Å²) in [6, 6.07) is 9.43. The molecule has 0 saturated carbocycles. The number of thioether (sulfide) groups is 1. The van der Waals surface area contributed by atoms with Gasteiger partial charge in [0.15, 0.2) is 11.0 Å². The van der Waals surface area contributed by atoms with Crippen molar-refractivity contribution in [3.05, 3.63) is 52.9 Å². The lowest BCUT2D eigenvalue weighted by Crippen LogP contribution is -2.14. The Balaban J connectivity index is 1.58. The molecule has 0 atom stereocenters. The number of rotatable bonds is 8. The number of benzene rings is 1. The largest absolute Gasteiger partial charge is 0.486 e. The summed E-state index contributed by atoms with van der Waals surface area (Å²) >= 11 is 2.56. The van der Waals surface area contributed by atoms with Gasteiger partial charge in [-0.1, -0.05) is 11.8 Å². The van der Waals surface area contributed by atoms with Gasteiger partial charge in [0.2, 0.25) is 5.91 Å². The molecule has 0 aliphatic heterocycles. The lowest BCUT2D eigenvalue weighted by atomic mass is 10.3. The maximum absolute atomic E-state index is 13.0. The molecule has 0 aliphatic carbocycles. The van der Waals surface area contributed by atoms with Crippen LogP contribution in [0.1, 0.15) is 18.3 Å². The number of nitriles is 1. The van der Waals surface area contributed by atoms with E-state index in [4.69, 9.17) is 10.00 Å². The van der Waals surface area contributed by atoms with Gasteiger partial charge >= 0.3 is 0 Å². The van der Waals surface area contributed by atoms with Crippen LogP contribution in [0.4, 0.5) is 9.39 Å². The number of hydrogen-bond acceptors (Lipinski definition) is 7. The molecule has 144 valence electrons. The van der Waals surface area contributed by atoms with Crippen LogP contribution in [0.15, 0.2) is 40.9 Å². The Kier molecular flexibility index (Phi) is 6.62. The van der Waals surface area contributed by atoms with Crippen LogP contribution >= 0.6 is 23.1 Å². The molecule has 0 fully saturated rings. The first kappa shape index (κ1) is 19.9. The van der Waals surface area contributed by atoms with Gasteiger partial charge in [-0.2, -0.15) is 5.26 Å². The smallest absolute Gasteiger partial charge is 0.235 e. The van der Waals surface area contributed by atoms with E-state index in [0.717, 1.165) is 0 Å². The van der Waals surface area contributed by atoms with Crippen molar-refractivity contribution in [1.29, 1.82) is 5.26 Å². The van der Waals surface area contributed by atoms with Crippen molar-refractivity contribution in [2.75, 3.05) is 11.1 Å². The van der Waals surface area contributed by atoms with Gasteiger partial charge in [0.25, 0.3) is 0 Å². The highest BCUT2D eigenvalue weighted by atomic mass is 32.2. The predicted octanol–water partition coefficient (Wildman–Crippen LogP) is 3.68. The summed E-state index contributed by atoms with van der Waals surface area (Å²) in [5, 5.41) is 22.9. The second kappa shape index (κ2) is 9.34. The van der Waals surface area contributed by atoms with Crippen LogP contribution in [0, 0.1) is 17.1 Å².